The zero-order valence-corrected chi connectivity index (χ0v) is 15.6. The van der Waals surface area contributed by atoms with E-state index in [2.05, 4.69) is 5.32 Å². The smallest absolute Gasteiger partial charge is 0.326 e. The minimum Gasteiger partial charge on any atom is -0.497 e. The second-order valence-electron chi connectivity index (χ2n) is 6.53. The maximum Gasteiger partial charge on any atom is 0.326 e. The van der Waals surface area contributed by atoms with Crippen molar-refractivity contribution in [3.63, 3.8) is 0 Å². The van der Waals surface area contributed by atoms with Gasteiger partial charge in [0, 0.05) is 13.0 Å². The maximum absolute atomic E-state index is 12.1. The fourth-order valence-corrected chi connectivity index (χ4v) is 2.96. The zero-order chi connectivity index (χ0) is 19.9. The van der Waals surface area contributed by atoms with E-state index in [9.17, 15) is 14.7 Å². The van der Waals surface area contributed by atoms with Crippen molar-refractivity contribution < 1.29 is 28.9 Å². The lowest BCUT2D eigenvalue weighted by molar-refractivity contribution is -0.143. The van der Waals surface area contributed by atoms with Gasteiger partial charge in [-0.15, -0.1) is 0 Å². The highest BCUT2D eigenvalue weighted by Gasteiger charge is 2.28. The Balaban J connectivity index is 1.59. The van der Waals surface area contributed by atoms with E-state index in [0.717, 1.165) is 17.7 Å². The molecule has 0 saturated carbocycles. The van der Waals surface area contributed by atoms with Crippen molar-refractivity contribution in [2.24, 2.45) is 0 Å². The zero-order valence-electron chi connectivity index (χ0n) is 15.6. The summed E-state index contributed by atoms with van der Waals surface area (Å²) < 4.78 is 16.2. The molecule has 28 heavy (non-hydrogen) atoms. The first-order chi connectivity index (χ1) is 13.5. The molecule has 1 fully saturated rings. The summed E-state index contributed by atoms with van der Waals surface area (Å²) in [7, 11) is 1.60. The Kier molecular flexibility index (Phi) is 6.49. The third-order valence-corrected chi connectivity index (χ3v) is 4.50. The van der Waals surface area contributed by atoms with Gasteiger partial charge in [0.25, 0.3) is 0 Å². The molecule has 0 radical (unpaired) electrons. The number of amides is 1. The highest BCUT2D eigenvalue weighted by atomic mass is 16.5. The topological polar surface area (TPSA) is 94.1 Å². The van der Waals surface area contributed by atoms with Gasteiger partial charge in [-0.05, 0) is 54.8 Å². The predicted molar refractivity (Wildman–Crippen MR) is 102 cm³/mol. The molecule has 1 unspecified atom stereocenters. The lowest BCUT2D eigenvalue weighted by Gasteiger charge is -2.17. The van der Waals surface area contributed by atoms with Gasteiger partial charge in [-0.1, -0.05) is 12.1 Å². The number of carbonyl (C=O) groups excluding carboxylic acids is 1. The summed E-state index contributed by atoms with van der Waals surface area (Å²) in [6.07, 6.45) is 1.06. The van der Waals surface area contributed by atoms with Crippen LogP contribution in [0.25, 0.3) is 0 Å². The van der Waals surface area contributed by atoms with E-state index in [1.807, 2.05) is 0 Å². The summed E-state index contributed by atoms with van der Waals surface area (Å²) in [6, 6.07) is 13.3. The molecule has 0 bridgehead atoms. The largest absolute Gasteiger partial charge is 0.497 e. The molecule has 0 spiro atoms. The quantitative estimate of drug-likeness (QED) is 0.726. The minimum absolute atomic E-state index is 0.177. The molecule has 2 N–H and O–H groups in total. The van der Waals surface area contributed by atoms with Crippen molar-refractivity contribution in [1.29, 1.82) is 0 Å². The number of hydrogen-bond donors (Lipinski definition) is 2. The normalized spacial score (nSPS) is 17.0. The molecule has 2 aromatic rings. The Morgan fingerprint density at radius 3 is 2.25 bits per heavy atom. The van der Waals surface area contributed by atoms with Crippen LogP contribution in [0.4, 0.5) is 0 Å². The molecule has 7 nitrogen and oxygen atoms in total. The number of nitrogens with one attached hydrogen (secondary N) is 1. The number of aliphatic carboxylic acids is 1. The Hall–Kier alpha value is -3.06. The van der Waals surface area contributed by atoms with Crippen LogP contribution in [0.1, 0.15) is 18.4 Å². The summed E-state index contributed by atoms with van der Waals surface area (Å²) >= 11 is 0. The second-order valence-corrected chi connectivity index (χ2v) is 6.53. The van der Waals surface area contributed by atoms with Crippen LogP contribution in [0, 0.1) is 0 Å². The first-order valence-corrected chi connectivity index (χ1v) is 9.11. The Labute approximate surface area is 163 Å². The Morgan fingerprint density at radius 2 is 1.71 bits per heavy atom. The fourth-order valence-electron chi connectivity index (χ4n) is 2.96. The number of benzene rings is 2. The van der Waals surface area contributed by atoms with Crippen molar-refractivity contribution in [2.45, 2.75) is 31.4 Å². The molecule has 0 aromatic heterocycles. The Morgan fingerprint density at radius 1 is 1.11 bits per heavy atom. The average molecular weight is 385 g/mol. The highest BCUT2D eigenvalue weighted by molar-refractivity contribution is 5.86. The van der Waals surface area contributed by atoms with E-state index < -0.39 is 18.1 Å². The van der Waals surface area contributed by atoms with E-state index in [4.69, 9.17) is 14.2 Å². The molecular weight excluding hydrogens is 362 g/mol. The molecule has 2 aromatic carbocycles. The van der Waals surface area contributed by atoms with Gasteiger partial charge in [0.05, 0.1) is 7.11 Å². The van der Waals surface area contributed by atoms with Crippen molar-refractivity contribution in [3.8, 4) is 17.2 Å². The lowest BCUT2D eigenvalue weighted by atomic mass is 10.1. The van der Waals surface area contributed by atoms with Crippen LogP contribution in [0.2, 0.25) is 0 Å². The summed E-state index contributed by atoms with van der Waals surface area (Å²) in [5.74, 6) is 0.590. The molecule has 7 heteroatoms. The number of ether oxygens (including phenoxy) is 3. The van der Waals surface area contributed by atoms with Crippen molar-refractivity contribution in [3.05, 3.63) is 54.1 Å². The number of carbonyl (C=O) groups is 2. The standard InChI is InChI=1S/C21H23NO6/c1-26-15-8-10-17(11-9-15)28-16-6-4-14(5-7-16)13-18(21(24)25)22-20(23)19-3-2-12-27-19/h4-11,18-19H,2-3,12-13H2,1H3,(H,22,23)(H,24,25)/t18-,19?/m0/s1. The molecule has 1 saturated heterocycles. The van der Waals surface area contributed by atoms with Gasteiger partial charge in [0.2, 0.25) is 5.91 Å². The van der Waals surface area contributed by atoms with E-state index in [-0.39, 0.29) is 12.3 Å². The number of rotatable bonds is 8. The monoisotopic (exact) mass is 385 g/mol. The van der Waals surface area contributed by atoms with Gasteiger partial charge >= 0.3 is 5.97 Å². The van der Waals surface area contributed by atoms with Gasteiger partial charge in [0.1, 0.15) is 29.4 Å². The second kappa shape index (κ2) is 9.23. The molecule has 0 aliphatic carbocycles. The van der Waals surface area contributed by atoms with Gasteiger partial charge in [-0.25, -0.2) is 4.79 Å². The molecule has 1 aliphatic heterocycles. The SMILES string of the molecule is COc1ccc(Oc2ccc(C[C@H](NC(=O)C3CCCO3)C(=O)O)cc2)cc1. The molecular formula is C21H23NO6. The number of hydrogen-bond acceptors (Lipinski definition) is 5. The molecule has 148 valence electrons. The van der Waals surface area contributed by atoms with Crippen LogP contribution in [0.3, 0.4) is 0 Å². The third kappa shape index (κ3) is 5.23. The summed E-state index contributed by atoms with van der Waals surface area (Å²) in [4.78, 5) is 23.6. The molecule has 1 amide bonds. The first kappa shape index (κ1) is 19.7. The van der Waals surface area contributed by atoms with Crippen LogP contribution in [0.5, 0.6) is 17.2 Å². The lowest BCUT2D eigenvalue weighted by Crippen LogP contribution is -2.46. The highest BCUT2D eigenvalue weighted by Crippen LogP contribution is 2.24. The van der Waals surface area contributed by atoms with Crippen LogP contribution >= 0.6 is 0 Å². The van der Waals surface area contributed by atoms with Gasteiger partial charge < -0.3 is 24.6 Å². The van der Waals surface area contributed by atoms with E-state index in [1.54, 1.807) is 55.6 Å². The molecule has 1 aliphatic rings. The van der Waals surface area contributed by atoms with E-state index in [1.165, 1.54) is 0 Å². The van der Waals surface area contributed by atoms with Crippen LogP contribution in [-0.4, -0.2) is 42.8 Å². The molecule has 3 rings (SSSR count). The van der Waals surface area contributed by atoms with Crippen LogP contribution < -0.4 is 14.8 Å². The summed E-state index contributed by atoms with van der Waals surface area (Å²) in [5.41, 5.74) is 0.780. The summed E-state index contributed by atoms with van der Waals surface area (Å²) in [6.45, 7) is 0.533. The minimum atomic E-state index is -1.08. The number of methoxy groups -OCH3 is 1. The Bertz CT molecular complexity index is 797. The van der Waals surface area contributed by atoms with Gasteiger partial charge in [0.15, 0.2) is 0 Å². The first-order valence-electron chi connectivity index (χ1n) is 9.11. The molecule has 1 heterocycles. The van der Waals surface area contributed by atoms with Crippen molar-refractivity contribution in [2.75, 3.05) is 13.7 Å². The maximum atomic E-state index is 12.1. The van der Waals surface area contributed by atoms with E-state index >= 15 is 0 Å². The summed E-state index contributed by atoms with van der Waals surface area (Å²) in [5, 5.41) is 12.0. The van der Waals surface area contributed by atoms with Gasteiger partial charge in [-0.3, -0.25) is 4.79 Å². The van der Waals surface area contributed by atoms with E-state index in [0.29, 0.717) is 24.5 Å². The number of carboxylic acids is 1. The predicted octanol–water partition coefficient (Wildman–Crippen LogP) is 2.78. The van der Waals surface area contributed by atoms with Crippen LogP contribution in [-0.2, 0) is 20.7 Å². The molecule has 2 atom stereocenters. The van der Waals surface area contributed by atoms with Crippen molar-refractivity contribution >= 4 is 11.9 Å². The van der Waals surface area contributed by atoms with Crippen LogP contribution in [0.15, 0.2) is 48.5 Å². The average Bonchev–Trinajstić information content (AvgIpc) is 3.24. The van der Waals surface area contributed by atoms with Crippen molar-refractivity contribution in [1.82, 2.24) is 5.32 Å². The number of carboxylic acid groups (broad SMARTS) is 1. The third-order valence-electron chi connectivity index (χ3n) is 4.50. The fraction of sp³-hybridized carbons (Fsp3) is 0.333. The van der Waals surface area contributed by atoms with Gasteiger partial charge in [-0.2, -0.15) is 0 Å².